The first-order valence-electron chi connectivity index (χ1n) is 7.43. The highest BCUT2D eigenvalue weighted by molar-refractivity contribution is 5.80. The molecule has 5 nitrogen and oxygen atoms in total. The lowest BCUT2D eigenvalue weighted by Gasteiger charge is -2.23. The van der Waals surface area contributed by atoms with Crippen molar-refractivity contribution in [2.24, 2.45) is 0 Å². The van der Waals surface area contributed by atoms with E-state index in [1.54, 1.807) is 20.8 Å². The SMILES string of the molecule is CCc1cccc(C)c1C[C@H](NC(=O)OC(C)(C)C)C(=O)O. The van der Waals surface area contributed by atoms with Gasteiger partial charge in [0, 0.05) is 6.42 Å². The molecule has 0 saturated heterocycles. The van der Waals surface area contributed by atoms with Gasteiger partial charge in [-0.2, -0.15) is 0 Å². The molecule has 0 fully saturated rings. The summed E-state index contributed by atoms with van der Waals surface area (Å²) in [5, 5.41) is 11.8. The van der Waals surface area contributed by atoms with E-state index in [9.17, 15) is 14.7 Å². The highest BCUT2D eigenvalue weighted by Gasteiger charge is 2.25. The first kappa shape index (κ1) is 18.0. The van der Waals surface area contributed by atoms with Crippen molar-refractivity contribution in [2.45, 2.75) is 59.1 Å². The van der Waals surface area contributed by atoms with Crippen molar-refractivity contribution in [1.82, 2.24) is 5.32 Å². The van der Waals surface area contributed by atoms with Gasteiger partial charge in [0.25, 0.3) is 0 Å². The maximum absolute atomic E-state index is 11.8. The second-order valence-electron chi connectivity index (χ2n) is 6.31. The van der Waals surface area contributed by atoms with E-state index >= 15 is 0 Å². The van der Waals surface area contributed by atoms with Crippen LogP contribution in [0.3, 0.4) is 0 Å². The van der Waals surface area contributed by atoms with E-state index in [1.807, 2.05) is 32.0 Å². The van der Waals surface area contributed by atoms with Gasteiger partial charge < -0.3 is 15.2 Å². The monoisotopic (exact) mass is 307 g/mol. The van der Waals surface area contributed by atoms with Crippen molar-refractivity contribution in [3.63, 3.8) is 0 Å². The first-order valence-corrected chi connectivity index (χ1v) is 7.43. The number of alkyl carbamates (subject to hydrolysis) is 1. The summed E-state index contributed by atoms with van der Waals surface area (Å²) in [6.45, 7) is 9.17. The maximum Gasteiger partial charge on any atom is 0.408 e. The number of hydrogen-bond acceptors (Lipinski definition) is 3. The predicted octanol–water partition coefficient (Wildman–Crippen LogP) is 3.08. The average molecular weight is 307 g/mol. The topological polar surface area (TPSA) is 75.6 Å². The number of aryl methyl sites for hydroxylation is 2. The number of aliphatic carboxylic acids is 1. The maximum atomic E-state index is 11.8. The van der Waals surface area contributed by atoms with Gasteiger partial charge in [0.15, 0.2) is 0 Å². The van der Waals surface area contributed by atoms with Gasteiger partial charge in [-0.15, -0.1) is 0 Å². The van der Waals surface area contributed by atoms with E-state index in [0.717, 1.165) is 23.1 Å². The van der Waals surface area contributed by atoms with Crippen LogP contribution in [-0.2, 0) is 22.4 Å². The minimum absolute atomic E-state index is 0.240. The van der Waals surface area contributed by atoms with Crippen LogP contribution in [0.5, 0.6) is 0 Å². The van der Waals surface area contributed by atoms with Crippen molar-refractivity contribution in [2.75, 3.05) is 0 Å². The summed E-state index contributed by atoms with van der Waals surface area (Å²) in [7, 11) is 0. The summed E-state index contributed by atoms with van der Waals surface area (Å²) >= 11 is 0. The van der Waals surface area contributed by atoms with Crippen LogP contribution in [0.4, 0.5) is 4.79 Å². The number of carboxylic acid groups (broad SMARTS) is 1. The Hall–Kier alpha value is -2.04. The highest BCUT2D eigenvalue weighted by Crippen LogP contribution is 2.17. The third-order valence-corrected chi connectivity index (χ3v) is 3.29. The number of benzene rings is 1. The number of ether oxygens (including phenoxy) is 1. The molecule has 1 aromatic carbocycles. The summed E-state index contributed by atoms with van der Waals surface area (Å²) in [6, 6.07) is 4.87. The zero-order valence-electron chi connectivity index (χ0n) is 13.9. The molecule has 0 aromatic heterocycles. The van der Waals surface area contributed by atoms with E-state index in [4.69, 9.17) is 4.74 Å². The molecule has 1 atom stereocenters. The van der Waals surface area contributed by atoms with Crippen LogP contribution in [0, 0.1) is 6.92 Å². The van der Waals surface area contributed by atoms with Gasteiger partial charge in [0.2, 0.25) is 0 Å². The number of carbonyl (C=O) groups excluding carboxylic acids is 1. The van der Waals surface area contributed by atoms with Crippen molar-refractivity contribution in [1.29, 1.82) is 0 Å². The Kier molecular flexibility index (Phi) is 5.97. The van der Waals surface area contributed by atoms with Gasteiger partial charge in [-0.05, 0) is 50.8 Å². The van der Waals surface area contributed by atoms with Gasteiger partial charge >= 0.3 is 12.1 Å². The zero-order valence-corrected chi connectivity index (χ0v) is 13.9. The second kappa shape index (κ2) is 7.29. The van der Waals surface area contributed by atoms with E-state index in [1.165, 1.54) is 0 Å². The Balaban J connectivity index is 2.90. The second-order valence-corrected chi connectivity index (χ2v) is 6.31. The van der Waals surface area contributed by atoms with Crippen molar-refractivity contribution in [3.8, 4) is 0 Å². The lowest BCUT2D eigenvalue weighted by atomic mass is 9.94. The van der Waals surface area contributed by atoms with E-state index in [-0.39, 0.29) is 6.42 Å². The number of hydrogen-bond donors (Lipinski definition) is 2. The summed E-state index contributed by atoms with van der Waals surface area (Å²) in [5.74, 6) is -1.07. The molecule has 0 heterocycles. The molecule has 1 aromatic rings. The number of amides is 1. The minimum atomic E-state index is -1.07. The smallest absolute Gasteiger partial charge is 0.408 e. The summed E-state index contributed by atoms with van der Waals surface area (Å²) in [5.41, 5.74) is 2.42. The fourth-order valence-electron chi connectivity index (χ4n) is 2.24. The number of carbonyl (C=O) groups is 2. The predicted molar refractivity (Wildman–Crippen MR) is 85.1 cm³/mol. The molecule has 1 amide bonds. The molecule has 122 valence electrons. The fourth-order valence-corrected chi connectivity index (χ4v) is 2.24. The standard InChI is InChI=1S/C17H25NO4/c1-6-12-9-7-8-11(2)13(12)10-14(15(19)20)18-16(21)22-17(3,4)5/h7-9,14H,6,10H2,1-5H3,(H,18,21)(H,19,20)/t14-/m0/s1. The van der Waals surface area contributed by atoms with Crippen LogP contribution >= 0.6 is 0 Å². The Morgan fingerprint density at radius 1 is 1.32 bits per heavy atom. The number of rotatable bonds is 5. The Morgan fingerprint density at radius 3 is 2.45 bits per heavy atom. The Bertz CT molecular complexity index is 546. The normalized spacial score (nSPS) is 12.6. The molecule has 0 unspecified atom stereocenters. The van der Waals surface area contributed by atoms with Crippen LogP contribution in [0.1, 0.15) is 44.4 Å². The molecule has 1 rings (SSSR count). The van der Waals surface area contributed by atoms with Gasteiger partial charge in [-0.3, -0.25) is 0 Å². The zero-order chi connectivity index (χ0) is 16.9. The van der Waals surface area contributed by atoms with E-state index in [0.29, 0.717) is 0 Å². The third-order valence-electron chi connectivity index (χ3n) is 3.29. The fraction of sp³-hybridized carbons (Fsp3) is 0.529. The van der Waals surface area contributed by atoms with Gasteiger partial charge in [0.05, 0.1) is 0 Å². The highest BCUT2D eigenvalue weighted by atomic mass is 16.6. The molecule has 0 spiro atoms. The Labute approximate surface area is 131 Å². The lowest BCUT2D eigenvalue weighted by molar-refractivity contribution is -0.139. The summed E-state index contributed by atoms with van der Waals surface area (Å²) < 4.78 is 5.13. The molecule has 2 N–H and O–H groups in total. The molecule has 5 heteroatoms. The van der Waals surface area contributed by atoms with Gasteiger partial charge in [0.1, 0.15) is 11.6 Å². The van der Waals surface area contributed by atoms with Crippen LogP contribution in [-0.4, -0.2) is 28.8 Å². The van der Waals surface area contributed by atoms with E-state index < -0.39 is 23.7 Å². The van der Waals surface area contributed by atoms with Crippen molar-refractivity contribution >= 4 is 12.1 Å². The van der Waals surface area contributed by atoms with Crippen LogP contribution in [0.25, 0.3) is 0 Å². The molecular weight excluding hydrogens is 282 g/mol. The van der Waals surface area contributed by atoms with E-state index in [2.05, 4.69) is 5.32 Å². The molecule has 22 heavy (non-hydrogen) atoms. The van der Waals surface area contributed by atoms with Gasteiger partial charge in [-0.25, -0.2) is 9.59 Å². The van der Waals surface area contributed by atoms with Crippen LogP contribution in [0.15, 0.2) is 18.2 Å². The number of nitrogens with one attached hydrogen (secondary N) is 1. The molecule has 0 aliphatic rings. The molecule has 0 aliphatic carbocycles. The van der Waals surface area contributed by atoms with Crippen LogP contribution < -0.4 is 5.32 Å². The van der Waals surface area contributed by atoms with Crippen molar-refractivity contribution < 1.29 is 19.4 Å². The molecule has 0 aliphatic heterocycles. The first-order chi connectivity index (χ1) is 10.1. The van der Waals surface area contributed by atoms with Crippen LogP contribution in [0.2, 0.25) is 0 Å². The largest absolute Gasteiger partial charge is 0.480 e. The summed E-state index contributed by atoms with van der Waals surface area (Å²) in [6.07, 6.45) is 0.340. The lowest BCUT2D eigenvalue weighted by Crippen LogP contribution is -2.44. The summed E-state index contributed by atoms with van der Waals surface area (Å²) in [4.78, 5) is 23.3. The average Bonchev–Trinajstić information content (AvgIpc) is 2.37. The third kappa shape index (κ3) is 5.39. The Morgan fingerprint density at radius 2 is 1.95 bits per heavy atom. The quantitative estimate of drug-likeness (QED) is 0.876. The molecule has 0 radical (unpaired) electrons. The van der Waals surface area contributed by atoms with Crippen molar-refractivity contribution in [3.05, 3.63) is 34.9 Å². The molecule has 0 bridgehead atoms. The van der Waals surface area contributed by atoms with Gasteiger partial charge in [-0.1, -0.05) is 25.1 Å². The molecular formula is C17H25NO4. The number of carboxylic acids is 1. The minimum Gasteiger partial charge on any atom is -0.480 e. The molecule has 0 saturated carbocycles.